The number of nitrogens with zero attached hydrogens (tertiary/aromatic N) is 1. The van der Waals surface area contributed by atoms with Gasteiger partial charge in [-0.1, -0.05) is 0 Å². The third kappa shape index (κ3) is 2.11. The average Bonchev–Trinajstić information content (AvgIpc) is 2.07. The SMILES string of the molecule is COc1c(Br)ccc(I)c1[N+](=O)[O-]. The number of rotatable bonds is 2. The maximum Gasteiger partial charge on any atom is 0.325 e. The molecule has 70 valence electrons. The van der Waals surface area contributed by atoms with E-state index in [9.17, 15) is 10.1 Å². The highest BCUT2D eigenvalue weighted by atomic mass is 127. The monoisotopic (exact) mass is 357 g/mol. The van der Waals surface area contributed by atoms with Gasteiger partial charge in [-0.3, -0.25) is 10.1 Å². The smallest absolute Gasteiger partial charge is 0.325 e. The Morgan fingerprint density at radius 2 is 2.23 bits per heavy atom. The van der Waals surface area contributed by atoms with Crippen LogP contribution in [-0.2, 0) is 0 Å². The van der Waals surface area contributed by atoms with Crippen LogP contribution in [0.25, 0.3) is 0 Å². The van der Waals surface area contributed by atoms with Gasteiger partial charge in [-0.15, -0.1) is 0 Å². The summed E-state index contributed by atoms with van der Waals surface area (Å²) in [5.41, 5.74) is -0.00234. The molecule has 0 aromatic heterocycles. The molecule has 13 heavy (non-hydrogen) atoms. The summed E-state index contributed by atoms with van der Waals surface area (Å²) < 4.78 is 6.07. The zero-order chi connectivity index (χ0) is 10.0. The molecule has 0 saturated carbocycles. The van der Waals surface area contributed by atoms with Gasteiger partial charge in [0.25, 0.3) is 0 Å². The van der Waals surface area contributed by atoms with Crippen LogP contribution >= 0.6 is 38.5 Å². The van der Waals surface area contributed by atoms with Gasteiger partial charge in [-0.25, -0.2) is 0 Å². The van der Waals surface area contributed by atoms with E-state index in [2.05, 4.69) is 15.9 Å². The molecule has 0 aliphatic carbocycles. The number of hydrogen-bond acceptors (Lipinski definition) is 3. The molecule has 0 unspecified atom stereocenters. The van der Waals surface area contributed by atoms with Crippen LogP contribution in [-0.4, -0.2) is 12.0 Å². The number of nitro groups is 1. The van der Waals surface area contributed by atoms with E-state index in [-0.39, 0.29) is 11.4 Å². The average molecular weight is 358 g/mol. The number of methoxy groups -OCH3 is 1. The summed E-state index contributed by atoms with van der Waals surface area (Å²) in [7, 11) is 1.41. The molecule has 0 N–H and O–H groups in total. The summed E-state index contributed by atoms with van der Waals surface area (Å²) in [6.45, 7) is 0. The number of nitro benzene ring substituents is 1. The number of ether oxygens (including phenoxy) is 1. The molecule has 0 heterocycles. The largest absolute Gasteiger partial charge is 0.489 e. The minimum atomic E-state index is -0.453. The van der Waals surface area contributed by atoms with E-state index >= 15 is 0 Å². The third-order valence-corrected chi connectivity index (χ3v) is 2.92. The number of halogens is 2. The number of benzene rings is 1. The molecule has 0 fully saturated rings. The van der Waals surface area contributed by atoms with Crippen molar-refractivity contribution in [2.45, 2.75) is 0 Å². The summed E-state index contributed by atoms with van der Waals surface area (Å²) in [6.07, 6.45) is 0. The molecule has 6 heteroatoms. The first-order valence-corrected chi connectivity index (χ1v) is 5.11. The third-order valence-electron chi connectivity index (χ3n) is 1.42. The van der Waals surface area contributed by atoms with Crippen LogP contribution in [0.2, 0.25) is 0 Å². The zero-order valence-corrected chi connectivity index (χ0v) is 10.3. The second kappa shape index (κ2) is 4.23. The first-order valence-electron chi connectivity index (χ1n) is 3.24. The fourth-order valence-electron chi connectivity index (χ4n) is 0.887. The molecular weight excluding hydrogens is 353 g/mol. The van der Waals surface area contributed by atoms with E-state index in [1.165, 1.54) is 7.11 Å². The highest BCUT2D eigenvalue weighted by Crippen LogP contribution is 2.37. The molecule has 0 radical (unpaired) electrons. The maximum absolute atomic E-state index is 10.7. The molecular formula is C7H5BrINO3. The van der Waals surface area contributed by atoms with E-state index in [1.807, 2.05) is 22.6 Å². The Bertz CT molecular complexity index is 356. The lowest BCUT2D eigenvalue weighted by molar-refractivity contribution is -0.386. The van der Waals surface area contributed by atoms with Crippen molar-refractivity contribution in [1.82, 2.24) is 0 Å². The Kier molecular flexibility index (Phi) is 3.48. The Balaban J connectivity index is 3.43. The molecule has 0 aliphatic heterocycles. The fraction of sp³-hybridized carbons (Fsp3) is 0.143. The fourth-order valence-corrected chi connectivity index (χ4v) is 1.99. The van der Waals surface area contributed by atoms with Gasteiger partial charge in [0.2, 0.25) is 5.75 Å². The highest BCUT2D eigenvalue weighted by Gasteiger charge is 2.21. The minimum Gasteiger partial charge on any atom is -0.489 e. The van der Waals surface area contributed by atoms with Gasteiger partial charge in [-0.2, -0.15) is 0 Å². The van der Waals surface area contributed by atoms with Crippen LogP contribution in [0, 0.1) is 13.7 Å². The Labute approximate surface area is 96.7 Å². The molecule has 1 aromatic rings. The molecule has 0 saturated heterocycles. The Morgan fingerprint density at radius 3 is 2.62 bits per heavy atom. The van der Waals surface area contributed by atoms with Gasteiger partial charge in [0.1, 0.15) is 0 Å². The summed E-state index contributed by atoms with van der Waals surface area (Å²) in [6, 6.07) is 3.37. The zero-order valence-electron chi connectivity index (χ0n) is 6.58. The van der Waals surface area contributed by atoms with Gasteiger partial charge in [-0.05, 0) is 50.7 Å². The molecule has 0 spiro atoms. The van der Waals surface area contributed by atoms with Crippen molar-refractivity contribution in [2.75, 3.05) is 7.11 Å². The summed E-state index contributed by atoms with van der Waals surface area (Å²) in [5.74, 6) is 0.261. The summed E-state index contributed by atoms with van der Waals surface area (Å²) in [5, 5.41) is 10.7. The van der Waals surface area contributed by atoms with Crippen molar-refractivity contribution >= 4 is 44.2 Å². The molecule has 1 aromatic carbocycles. The van der Waals surface area contributed by atoms with Gasteiger partial charge >= 0.3 is 5.69 Å². The lowest BCUT2D eigenvalue weighted by Crippen LogP contribution is -1.96. The van der Waals surface area contributed by atoms with E-state index in [0.29, 0.717) is 8.04 Å². The Hall–Kier alpha value is -0.370. The normalized spacial score (nSPS) is 9.77. The van der Waals surface area contributed by atoms with Crippen molar-refractivity contribution in [3.8, 4) is 5.75 Å². The second-order valence-corrected chi connectivity index (χ2v) is 4.18. The topological polar surface area (TPSA) is 52.4 Å². The van der Waals surface area contributed by atoms with E-state index in [0.717, 1.165) is 0 Å². The van der Waals surface area contributed by atoms with Crippen LogP contribution in [0.1, 0.15) is 0 Å². The molecule has 0 bridgehead atoms. The minimum absolute atomic E-state index is 0.00234. The lowest BCUT2D eigenvalue weighted by atomic mass is 10.3. The van der Waals surface area contributed by atoms with Crippen molar-refractivity contribution in [1.29, 1.82) is 0 Å². The first-order chi connectivity index (χ1) is 6.07. The second-order valence-electron chi connectivity index (χ2n) is 2.17. The number of hydrogen-bond donors (Lipinski definition) is 0. The van der Waals surface area contributed by atoms with Gasteiger partial charge in [0.15, 0.2) is 0 Å². The van der Waals surface area contributed by atoms with Crippen LogP contribution < -0.4 is 4.74 Å². The van der Waals surface area contributed by atoms with Gasteiger partial charge < -0.3 is 4.74 Å². The van der Waals surface area contributed by atoms with Crippen LogP contribution in [0.15, 0.2) is 16.6 Å². The quantitative estimate of drug-likeness (QED) is 0.464. The standard InChI is InChI=1S/C7H5BrINO3/c1-13-7-4(8)2-3-5(9)6(7)10(11)12/h2-3H,1H3. The van der Waals surface area contributed by atoms with Crippen LogP contribution in [0.4, 0.5) is 5.69 Å². The summed E-state index contributed by atoms with van der Waals surface area (Å²) >= 11 is 5.08. The first kappa shape index (κ1) is 10.7. The highest BCUT2D eigenvalue weighted by molar-refractivity contribution is 14.1. The van der Waals surface area contributed by atoms with Gasteiger partial charge in [0, 0.05) is 0 Å². The van der Waals surface area contributed by atoms with E-state index < -0.39 is 4.92 Å². The molecule has 1 rings (SSSR count). The van der Waals surface area contributed by atoms with Gasteiger partial charge in [0.05, 0.1) is 20.1 Å². The predicted octanol–water partition coefficient (Wildman–Crippen LogP) is 2.97. The van der Waals surface area contributed by atoms with Crippen molar-refractivity contribution in [2.24, 2.45) is 0 Å². The molecule has 0 aliphatic rings. The molecule has 0 amide bonds. The molecule has 4 nitrogen and oxygen atoms in total. The van der Waals surface area contributed by atoms with Crippen LogP contribution in [0.3, 0.4) is 0 Å². The predicted molar refractivity (Wildman–Crippen MR) is 60.1 cm³/mol. The van der Waals surface area contributed by atoms with Crippen molar-refractivity contribution in [3.05, 3.63) is 30.3 Å². The lowest BCUT2D eigenvalue weighted by Gasteiger charge is -2.04. The molecule has 0 atom stereocenters. The Morgan fingerprint density at radius 1 is 1.62 bits per heavy atom. The summed E-state index contributed by atoms with van der Waals surface area (Å²) in [4.78, 5) is 10.2. The van der Waals surface area contributed by atoms with Crippen LogP contribution in [0.5, 0.6) is 5.75 Å². The van der Waals surface area contributed by atoms with E-state index in [4.69, 9.17) is 4.74 Å². The maximum atomic E-state index is 10.7. The van der Waals surface area contributed by atoms with E-state index in [1.54, 1.807) is 12.1 Å². The van der Waals surface area contributed by atoms with Crippen molar-refractivity contribution < 1.29 is 9.66 Å². The van der Waals surface area contributed by atoms with Crippen molar-refractivity contribution in [3.63, 3.8) is 0 Å².